The summed E-state index contributed by atoms with van der Waals surface area (Å²) in [6, 6.07) is 12.1. The van der Waals surface area contributed by atoms with Crippen LogP contribution in [-0.2, 0) is 0 Å². The molecule has 0 amide bonds. The number of nitrogens with zero attached hydrogens (tertiary/aromatic N) is 4. The Balaban J connectivity index is 2.04. The molecule has 21 heavy (non-hydrogen) atoms. The Labute approximate surface area is 123 Å². The summed E-state index contributed by atoms with van der Waals surface area (Å²) in [5.41, 5.74) is 3.13. The van der Waals surface area contributed by atoms with Gasteiger partial charge in [0.25, 0.3) is 0 Å². The third-order valence-electron chi connectivity index (χ3n) is 3.29. The van der Waals surface area contributed by atoms with Crippen LogP contribution in [0.25, 0.3) is 5.69 Å². The highest BCUT2D eigenvalue weighted by molar-refractivity contribution is 5.35. The first-order valence-electron chi connectivity index (χ1n) is 6.97. The van der Waals surface area contributed by atoms with Gasteiger partial charge in [0.1, 0.15) is 6.33 Å². The molecule has 0 radical (unpaired) electrons. The minimum absolute atomic E-state index is 0.0129. The van der Waals surface area contributed by atoms with Gasteiger partial charge < -0.3 is 5.32 Å². The van der Waals surface area contributed by atoms with Gasteiger partial charge >= 0.3 is 0 Å². The monoisotopic (exact) mass is 279 g/mol. The number of nitrogens with one attached hydrogen (secondary N) is 1. The van der Waals surface area contributed by atoms with Gasteiger partial charge in [-0.2, -0.15) is 5.10 Å². The predicted octanol–water partition coefficient (Wildman–Crippen LogP) is 2.36. The summed E-state index contributed by atoms with van der Waals surface area (Å²) in [7, 11) is 0. The lowest BCUT2D eigenvalue weighted by molar-refractivity contribution is 0.590. The number of hydrogen-bond acceptors (Lipinski definition) is 4. The summed E-state index contributed by atoms with van der Waals surface area (Å²) in [4.78, 5) is 8.24. The number of rotatable bonds is 5. The summed E-state index contributed by atoms with van der Waals surface area (Å²) < 4.78 is 1.94. The molecule has 3 rings (SSSR count). The van der Waals surface area contributed by atoms with Crippen molar-refractivity contribution in [3.8, 4) is 5.69 Å². The Morgan fingerprint density at radius 3 is 2.57 bits per heavy atom. The van der Waals surface area contributed by atoms with Crippen LogP contribution < -0.4 is 5.32 Å². The molecule has 106 valence electrons. The number of aromatic nitrogens is 4. The zero-order valence-corrected chi connectivity index (χ0v) is 11.8. The molecule has 5 nitrogen and oxygen atoms in total. The van der Waals surface area contributed by atoms with E-state index in [2.05, 4.69) is 27.3 Å². The van der Waals surface area contributed by atoms with Crippen molar-refractivity contribution in [2.75, 3.05) is 6.54 Å². The third-order valence-corrected chi connectivity index (χ3v) is 3.29. The van der Waals surface area contributed by atoms with Crippen molar-refractivity contribution in [3.63, 3.8) is 0 Å². The van der Waals surface area contributed by atoms with E-state index in [9.17, 15) is 0 Å². The first-order valence-corrected chi connectivity index (χ1v) is 6.97. The van der Waals surface area contributed by atoms with E-state index in [1.807, 2.05) is 59.7 Å². The van der Waals surface area contributed by atoms with Crippen molar-refractivity contribution in [3.05, 3.63) is 72.6 Å². The lowest BCUT2D eigenvalue weighted by Gasteiger charge is -2.19. The number of benzene rings is 1. The number of para-hydroxylation sites is 1. The zero-order valence-electron chi connectivity index (χ0n) is 11.8. The van der Waals surface area contributed by atoms with Gasteiger partial charge in [0.15, 0.2) is 0 Å². The van der Waals surface area contributed by atoms with Gasteiger partial charge in [0, 0.05) is 24.2 Å². The molecule has 5 heteroatoms. The summed E-state index contributed by atoms with van der Waals surface area (Å²) in [5.74, 6) is 0. The second-order valence-corrected chi connectivity index (χ2v) is 4.67. The highest BCUT2D eigenvalue weighted by atomic mass is 15.3. The van der Waals surface area contributed by atoms with E-state index < -0.39 is 0 Å². The smallest absolute Gasteiger partial charge is 0.115 e. The van der Waals surface area contributed by atoms with Crippen LogP contribution in [0.3, 0.4) is 0 Å². The fourth-order valence-electron chi connectivity index (χ4n) is 2.37. The molecule has 0 spiro atoms. The Hall–Kier alpha value is -2.53. The van der Waals surface area contributed by atoms with E-state index in [0.29, 0.717) is 0 Å². The number of hydrogen-bond donors (Lipinski definition) is 1. The second-order valence-electron chi connectivity index (χ2n) is 4.67. The molecule has 1 atom stereocenters. The van der Waals surface area contributed by atoms with E-state index in [0.717, 1.165) is 23.5 Å². The molecule has 0 aliphatic carbocycles. The van der Waals surface area contributed by atoms with Crippen LogP contribution in [0, 0.1) is 0 Å². The van der Waals surface area contributed by atoms with Crippen molar-refractivity contribution >= 4 is 0 Å². The average molecular weight is 279 g/mol. The normalized spacial score (nSPS) is 12.2. The van der Waals surface area contributed by atoms with Gasteiger partial charge in [-0.25, -0.2) is 14.6 Å². The molecule has 0 aliphatic heterocycles. The maximum absolute atomic E-state index is 4.45. The van der Waals surface area contributed by atoms with Crippen LogP contribution >= 0.6 is 0 Å². The average Bonchev–Trinajstić information content (AvgIpc) is 3.03. The van der Waals surface area contributed by atoms with E-state index in [1.54, 1.807) is 6.33 Å². The Kier molecular flexibility index (Phi) is 4.02. The van der Waals surface area contributed by atoms with Gasteiger partial charge in [-0.05, 0) is 24.7 Å². The van der Waals surface area contributed by atoms with Crippen molar-refractivity contribution in [2.24, 2.45) is 0 Å². The first-order chi connectivity index (χ1) is 10.4. The van der Waals surface area contributed by atoms with Crippen molar-refractivity contribution in [2.45, 2.75) is 13.0 Å². The Morgan fingerprint density at radius 1 is 1.10 bits per heavy atom. The molecular formula is C16H17N5. The molecule has 1 unspecified atom stereocenters. The van der Waals surface area contributed by atoms with Crippen molar-refractivity contribution < 1.29 is 0 Å². The van der Waals surface area contributed by atoms with Crippen LogP contribution in [0.15, 0.2) is 61.3 Å². The van der Waals surface area contributed by atoms with Crippen LogP contribution in [0.1, 0.15) is 24.2 Å². The lowest BCUT2D eigenvalue weighted by Crippen LogP contribution is -2.24. The molecule has 2 aromatic heterocycles. The standard InChI is InChI=1S/C16H17N5/c1-2-19-16(13-10-17-12-18-11-13)15-8-9-20-21(15)14-6-4-3-5-7-14/h3-12,16,19H,2H2,1H3. The molecule has 0 fully saturated rings. The lowest BCUT2D eigenvalue weighted by atomic mass is 10.1. The van der Waals surface area contributed by atoms with E-state index >= 15 is 0 Å². The Bertz CT molecular complexity index is 678. The van der Waals surface area contributed by atoms with Crippen LogP contribution in [0.5, 0.6) is 0 Å². The molecule has 1 aromatic carbocycles. The maximum atomic E-state index is 4.45. The van der Waals surface area contributed by atoms with Crippen molar-refractivity contribution in [1.29, 1.82) is 0 Å². The molecule has 0 saturated heterocycles. The summed E-state index contributed by atoms with van der Waals surface area (Å²) in [6.07, 6.45) is 7.03. The Morgan fingerprint density at radius 2 is 1.86 bits per heavy atom. The largest absolute Gasteiger partial charge is 0.305 e. The molecule has 1 N–H and O–H groups in total. The maximum Gasteiger partial charge on any atom is 0.115 e. The molecule has 0 bridgehead atoms. The summed E-state index contributed by atoms with van der Waals surface area (Å²) >= 11 is 0. The van der Waals surface area contributed by atoms with Crippen LogP contribution in [0.4, 0.5) is 0 Å². The minimum Gasteiger partial charge on any atom is -0.305 e. The molecule has 3 aromatic rings. The van der Waals surface area contributed by atoms with Gasteiger partial charge in [-0.3, -0.25) is 0 Å². The fraction of sp³-hybridized carbons (Fsp3) is 0.188. The molecular weight excluding hydrogens is 262 g/mol. The second kappa shape index (κ2) is 6.28. The molecule has 0 aliphatic rings. The van der Waals surface area contributed by atoms with E-state index in [-0.39, 0.29) is 6.04 Å². The highest BCUT2D eigenvalue weighted by Gasteiger charge is 2.18. The highest BCUT2D eigenvalue weighted by Crippen LogP contribution is 2.23. The predicted molar refractivity (Wildman–Crippen MR) is 81.1 cm³/mol. The van der Waals surface area contributed by atoms with E-state index in [1.165, 1.54) is 0 Å². The quantitative estimate of drug-likeness (QED) is 0.779. The topological polar surface area (TPSA) is 55.6 Å². The third kappa shape index (κ3) is 2.83. The fourth-order valence-corrected chi connectivity index (χ4v) is 2.37. The van der Waals surface area contributed by atoms with Crippen molar-refractivity contribution in [1.82, 2.24) is 25.1 Å². The van der Waals surface area contributed by atoms with Crippen LogP contribution in [-0.4, -0.2) is 26.3 Å². The summed E-state index contributed by atoms with van der Waals surface area (Å²) in [6.45, 7) is 2.93. The minimum atomic E-state index is 0.0129. The van der Waals surface area contributed by atoms with Gasteiger partial charge in [0.2, 0.25) is 0 Å². The summed E-state index contributed by atoms with van der Waals surface area (Å²) in [5, 5.41) is 7.92. The molecule has 0 saturated carbocycles. The van der Waals surface area contributed by atoms with E-state index in [4.69, 9.17) is 0 Å². The molecule has 2 heterocycles. The SMILES string of the molecule is CCNC(c1cncnc1)c1ccnn1-c1ccccc1. The van der Waals surface area contributed by atoms with Gasteiger partial charge in [-0.1, -0.05) is 25.1 Å². The van der Waals surface area contributed by atoms with Crippen LogP contribution in [0.2, 0.25) is 0 Å². The van der Waals surface area contributed by atoms with Gasteiger partial charge in [-0.15, -0.1) is 0 Å². The van der Waals surface area contributed by atoms with Gasteiger partial charge in [0.05, 0.1) is 17.4 Å². The first kappa shape index (κ1) is 13.5. The zero-order chi connectivity index (χ0) is 14.5.